The van der Waals surface area contributed by atoms with E-state index in [1.807, 2.05) is 76.4 Å². The van der Waals surface area contributed by atoms with Crippen molar-refractivity contribution in [1.82, 2.24) is 29.7 Å². The maximum absolute atomic E-state index is 13.1. The molecule has 0 saturated heterocycles. The van der Waals surface area contributed by atoms with E-state index in [9.17, 15) is 4.79 Å². The van der Waals surface area contributed by atoms with Crippen molar-refractivity contribution in [2.75, 3.05) is 0 Å². The number of carbonyl (C=O) groups is 1. The van der Waals surface area contributed by atoms with Crippen LogP contribution in [0.25, 0.3) is 5.69 Å². The Bertz CT molecular complexity index is 1120. The summed E-state index contributed by atoms with van der Waals surface area (Å²) in [7, 11) is 0. The highest BCUT2D eigenvalue weighted by atomic mass is 16.2. The summed E-state index contributed by atoms with van der Waals surface area (Å²) in [6, 6.07) is 19.9. The summed E-state index contributed by atoms with van der Waals surface area (Å²) >= 11 is 0. The lowest BCUT2D eigenvalue weighted by atomic mass is 10.2. The first kappa shape index (κ1) is 16.4. The summed E-state index contributed by atoms with van der Waals surface area (Å²) in [5, 5.41) is 12.6. The number of aromatic nitrogens is 5. The zero-order chi connectivity index (χ0) is 18.9. The topological polar surface area (TPSA) is 68.8 Å². The maximum Gasteiger partial charge on any atom is 0.274 e. The van der Waals surface area contributed by atoms with Crippen molar-refractivity contribution in [2.45, 2.75) is 19.6 Å². The van der Waals surface area contributed by atoms with Crippen LogP contribution in [0.15, 0.2) is 73.1 Å². The number of hydrogen-bond acceptors (Lipinski definition) is 4. The smallest absolute Gasteiger partial charge is 0.274 e. The van der Waals surface area contributed by atoms with Crippen LogP contribution in [0.5, 0.6) is 0 Å². The summed E-state index contributed by atoms with van der Waals surface area (Å²) < 4.78 is 3.56. The number of nitrogens with zero attached hydrogens (tertiary/aromatic N) is 6. The van der Waals surface area contributed by atoms with Crippen molar-refractivity contribution >= 4 is 5.91 Å². The second-order valence-corrected chi connectivity index (χ2v) is 6.79. The van der Waals surface area contributed by atoms with Crippen LogP contribution in [0.3, 0.4) is 0 Å². The Morgan fingerprint density at radius 1 is 0.929 bits per heavy atom. The molecule has 1 aliphatic heterocycles. The van der Waals surface area contributed by atoms with Crippen molar-refractivity contribution in [3.63, 3.8) is 0 Å². The van der Waals surface area contributed by atoms with Gasteiger partial charge in [0.2, 0.25) is 0 Å². The minimum atomic E-state index is -0.0725. The second-order valence-electron chi connectivity index (χ2n) is 6.79. The average Bonchev–Trinajstić information content (AvgIpc) is 3.45. The molecule has 138 valence electrons. The molecule has 0 unspecified atom stereocenters. The van der Waals surface area contributed by atoms with E-state index in [-0.39, 0.29) is 5.91 Å². The number of amides is 1. The van der Waals surface area contributed by atoms with E-state index >= 15 is 0 Å². The van der Waals surface area contributed by atoms with E-state index in [1.165, 1.54) is 6.20 Å². The van der Waals surface area contributed by atoms with Crippen LogP contribution in [-0.2, 0) is 19.6 Å². The van der Waals surface area contributed by atoms with Gasteiger partial charge in [-0.05, 0) is 17.7 Å². The third-order valence-electron chi connectivity index (χ3n) is 4.96. The van der Waals surface area contributed by atoms with Gasteiger partial charge in [0.15, 0.2) is 0 Å². The molecule has 0 fully saturated rings. The lowest BCUT2D eigenvalue weighted by molar-refractivity contribution is 0.0736. The number of para-hydroxylation sites is 1. The molecule has 0 N–H and O–H groups in total. The Morgan fingerprint density at radius 3 is 2.46 bits per heavy atom. The molecule has 5 rings (SSSR count). The number of carbonyl (C=O) groups excluding carboxylic acids is 1. The molecule has 0 radical (unpaired) electrons. The van der Waals surface area contributed by atoms with Crippen molar-refractivity contribution in [3.8, 4) is 5.69 Å². The van der Waals surface area contributed by atoms with Crippen LogP contribution in [0.1, 0.15) is 27.3 Å². The Morgan fingerprint density at radius 2 is 1.68 bits per heavy atom. The van der Waals surface area contributed by atoms with Gasteiger partial charge < -0.3 is 4.90 Å². The first-order valence-electron chi connectivity index (χ1n) is 9.12. The molecule has 1 amide bonds. The van der Waals surface area contributed by atoms with E-state index in [4.69, 9.17) is 0 Å². The summed E-state index contributed by atoms with van der Waals surface area (Å²) in [5.41, 5.74) is 4.68. The molecule has 3 heterocycles. The van der Waals surface area contributed by atoms with Gasteiger partial charge in [-0.15, -0.1) is 5.10 Å². The molecule has 4 aromatic rings. The van der Waals surface area contributed by atoms with Crippen molar-refractivity contribution in [3.05, 3.63) is 95.6 Å². The monoisotopic (exact) mass is 370 g/mol. The quantitative estimate of drug-likeness (QED) is 0.554. The van der Waals surface area contributed by atoms with Gasteiger partial charge in [-0.2, -0.15) is 5.10 Å². The molecule has 0 spiro atoms. The molecule has 0 aliphatic carbocycles. The predicted octanol–water partition coefficient (Wildman–Crippen LogP) is 2.67. The normalized spacial score (nSPS) is 12.9. The van der Waals surface area contributed by atoms with E-state index in [1.54, 1.807) is 4.68 Å². The fraction of sp³-hybridized carbons (Fsp3) is 0.143. The number of benzene rings is 2. The lowest BCUT2D eigenvalue weighted by Gasteiger charge is -2.16. The standard InChI is InChI=1S/C21H18N6O/c28-21(19-12-22-24-26(19)13-16-7-3-1-4-8-16)25-14-17-11-23-27(20(17)15-25)18-9-5-2-6-10-18/h1-12H,13-15H2. The second kappa shape index (κ2) is 6.77. The molecular weight excluding hydrogens is 352 g/mol. The predicted molar refractivity (Wildman–Crippen MR) is 103 cm³/mol. The lowest BCUT2D eigenvalue weighted by Crippen LogP contribution is -2.28. The largest absolute Gasteiger partial charge is 0.327 e. The molecule has 0 atom stereocenters. The van der Waals surface area contributed by atoms with E-state index in [0.717, 1.165) is 22.5 Å². The summed E-state index contributed by atoms with van der Waals surface area (Å²) in [6.45, 7) is 1.57. The van der Waals surface area contributed by atoms with Crippen LogP contribution in [0.4, 0.5) is 0 Å². The minimum Gasteiger partial charge on any atom is -0.327 e. The first-order valence-corrected chi connectivity index (χ1v) is 9.12. The Hall–Kier alpha value is -3.74. The van der Waals surface area contributed by atoms with Crippen molar-refractivity contribution < 1.29 is 4.79 Å². The third-order valence-corrected chi connectivity index (χ3v) is 4.96. The zero-order valence-electron chi connectivity index (χ0n) is 15.1. The van der Waals surface area contributed by atoms with Crippen LogP contribution < -0.4 is 0 Å². The molecule has 7 nitrogen and oxygen atoms in total. The Balaban J connectivity index is 1.38. The van der Waals surface area contributed by atoms with Gasteiger partial charge in [0.25, 0.3) is 5.91 Å². The Kier molecular flexibility index (Phi) is 3.97. The van der Waals surface area contributed by atoms with Crippen LogP contribution >= 0.6 is 0 Å². The zero-order valence-corrected chi connectivity index (χ0v) is 15.1. The fourth-order valence-electron chi connectivity index (χ4n) is 3.54. The Labute approximate surface area is 161 Å². The maximum atomic E-state index is 13.1. The molecule has 28 heavy (non-hydrogen) atoms. The van der Waals surface area contributed by atoms with Gasteiger partial charge >= 0.3 is 0 Å². The minimum absolute atomic E-state index is 0.0725. The summed E-state index contributed by atoms with van der Waals surface area (Å²) in [4.78, 5) is 14.9. The van der Waals surface area contributed by atoms with Crippen LogP contribution in [0, 0.1) is 0 Å². The molecule has 2 aromatic carbocycles. The first-order chi connectivity index (χ1) is 13.8. The van der Waals surface area contributed by atoms with E-state index in [2.05, 4.69) is 15.4 Å². The van der Waals surface area contributed by atoms with E-state index < -0.39 is 0 Å². The van der Waals surface area contributed by atoms with Gasteiger partial charge in [0, 0.05) is 12.1 Å². The summed E-state index contributed by atoms with van der Waals surface area (Å²) in [5.74, 6) is -0.0725. The van der Waals surface area contributed by atoms with Crippen LogP contribution in [0.2, 0.25) is 0 Å². The molecular formula is C21H18N6O. The molecule has 0 saturated carbocycles. The molecule has 1 aliphatic rings. The third kappa shape index (κ3) is 2.87. The van der Waals surface area contributed by atoms with Gasteiger partial charge in [-0.1, -0.05) is 53.7 Å². The molecule has 0 bridgehead atoms. The van der Waals surface area contributed by atoms with Gasteiger partial charge in [0.1, 0.15) is 5.69 Å². The average molecular weight is 370 g/mol. The van der Waals surface area contributed by atoms with E-state index in [0.29, 0.717) is 25.3 Å². The van der Waals surface area contributed by atoms with Crippen molar-refractivity contribution in [2.24, 2.45) is 0 Å². The number of rotatable bonds is 4. The summed E-state index contributed by atoms with van der Waals surface area (Å²) in [6.07, 6.45) is 3.38. The number of fused-ring (bicyclic) bond motifs is 1. The van der Waals surface area contributed by atoms with Crippen molar-refractivity contribution in [1.29, 1.82) is 0 Å². The molecule has 7 heteroatoms. The highest BCUT2D eigenvalue weighted by Crippen LogP contribution is 2.26. The van der Waals surface area contributed by atoms with Gasteiger partial charge in [-0.25, -0.2) is 9.36 Å². The number of hydrogen-bond donors (Lipinski definition) is 0. The van der Waals surface area contributed by atoms with Gasteiger partial charge in [-0.3, -0.25) is 4.79 Å². The van der Waals surface area contributed by atoms with Gasteiger partial charge in [0.05, 0.1) is 36.9 Å². The molecule has 2 aromatic heterocycles. The SMILES string of the molecule is O=C(c1cnnn1Cc1ccccc1)N1Cc2cnn(-c3ccccc3)c2C1. The van der Waals surface area contributed by atoms with Crippen LogP contribution in [-0.4, -0.2) is 35.6 Å². The highest BCUT2D eigenvalue weighted by molar-refractivity contribution is 5.92. The fourth-order valence-corrected chi connectivity index (χ4v) is 3.54. The highest BCUT2D eigenvalue weighted by Gasteiger charge is 2.30.